The van der Waals surface area contributed by atoms with Crippen LogP contribution in [-0.4, -0.2) is 17.2 Å². The molecule has 2 aliphatic rings. The standard InChI is InChI=1S/C30H34N3O3/c1-4-5-6-12-19-32-27-14-9-8-13-26(27)29(2,3)30(32)16-15-23-20-25(33(34)35)21-24(28(23)36-30)22-31-17-10-7-11-18-31/h7-11,13-18,20-21H,4-6,12,19,22H2,1-3H3/q+1/t30-/m0/s1. The summed E-state index contributed by atoms with van der Waals surface area (Å²) in [5.74, 6) is 0.721. The normalized spacial score (nSPS) is 19.1. The van der Waals surface area contributed by atoms with Gasteiger partial charge in [0.1, 0.15) is 5.75 Å². The van der Waals surface area contributed by atoms with Crippen LogP contribution in [0.3, 0.4) is 0 Å². The fraction of sp³-hybridized carbons (Fsp3) is 0.367. The number of pyridine rings is 1. The highest BCUT2D eigenvalue weighted by molar-refractivity contribution is 5.74. The number of aromatic nitrogens is 1. The molecular formula is C30H34N3O3+. The first-order valence-corrected chi connectivity index (χ1v) is 12.9. The van der Waals surface area contributed by atoms with Gasteiger partial charge in [-0.1, -0.05) is 50.5 Å². The smallest absolute Gasteiger partial charge is 0.270 e. The van der Waals surface area contributed by atoms with E-state index in [0.29, 0.717) is 6.54 Å². The number of benzene rings is 2. The van der Waals surface area contributed by atoms with Gasteiger partial charge in [-0.25, -0.2) is 4.57 Å². The molecule has 0 bridgehead atoms. The van der Waals surface area contributed by atoms with Crippen LogP contribution in [0.2, 0.25) is 0 Å². The Morgan fingerprint density at radius 1 is 1.03 bits per heavy atom. The molecule has 6 nitrogen and oxygen atoms in total. The molecule has 6 heteroatoms. The summed E-state index contributed by atoms with van der Waals surface area (Å²) in [5, 5.41) is 11.7. The largest absolute Gasteiger partial charge is 0.462 e. The van der Waals surface area contributed by atoms with Crippen LogP contribution in [0.15, 0.2) is 73.1 Å². The van der Waals surface area contributed by atoms with Crippen LogP contribution in [0.5, 0.6) is 5.75 Å². The lowest BCUT2D eigenvalue weighted by molar-refractivity contribution is -0.688. The molecule has 36 heavy (non-hydrogen) atoms. The molecule has 0 saturated heterocycles. The summed E-state index contributed by atoms with van der Waals surface area (Å²) >= 11 is 0. The van der Waals surface area contributed by atoms with Gasteiger partial charge in [-0.15, -0.1) is 0 Å². The quantitative estimate of drug-likeness (QED) is 0.160. The Morgan fingerprint density at radius 3 is 2.56 bits per heavy atom. The van der Waals surface area contributed by atoms with Crippen molar-refractivity contribution in [2.45, 2.75) is 64.1 Å². The number of ether oxygens (including phenoxy) is 1. The van der Waals surface area contributed by atoms with Crippen molar-refractivity contribution >= 4 is 17.5 Å². The molecule has 0 N–H and O–H groups in total. The number of anilines is 1. The summed E-state index contributed by atoms with van der Waals surface area (Å²) in [6, 6.07) is 17.7. The summed E-state index contributed by atoms with van der Waals surface area (Å²) in [5.41, 5.74) is 3.04. The average Bonchev–Trinajstić information content (AvgIpc) is 3.05. The molecule has 5 rings (SSSR count). The zero-order chi connectivity index (χ0) is 25.3. The molecule has 0 amide bonds. The number of nitrogens with zero attached hydrogens (tertiary/aromatic N) is 3. The van der Waals surface area contributed by atoms with Gasteiger partial charge in [0.05, 0.1) is 15.9 Å². The van der Waals surface area contributed by atoms with Gasteiger partial charge >= 0.3 is 0 Å². The van der Waals surface area contributed by atoms with E-state index in [1.54, 1.807) is 12.1 Å². The summed E-state index contributed by atoms with van der Waals surface area (Å²) < 4.78 is 9.11. The van der Waals surface area contributed by atoms with Crippen LogP contribution in [0.25, 0.3) is 6.08 Å². The van der Waals surface area contributed by atoms with Gasteiger partial charge in [-0.3, -0.25) is 10.1 Å². The second-order valence-corrected chi connectivity index (χ2v) is 10.3. The minimum absolute atomic E-state index is 0.0786. The molecule has 1 atom stereocenters. The maximum absolute atomic E-state index is 11.7. The van der Waals surface area contributed by atoms with Gasteiger partial charge in [-0.05, 0) is 44.1 Å². The first-order chi connectivity index (χ1) is 17.4. The number of unbranched alkanes of at least 4 members (excludes halogenated alkanes) is 3. The third-order valence-corrected chi connectivity index (χ3v) is 7.67. The highest BCUT2D eigenvalue weighted by atomic mass is 16.6. The summed E-state index contributed by atoms with van der Waals surface area (Å²) in [4.78, 5) is 13.8. The Bertz CT molecular complexity index is 1300. The first kappa shape index (κ1) is 24.0. The lowest BCUT2D eigenvalue weighted by atomic mass is 9.76. The number of nitro benzene ring substituents is 1. The molecule has 1 aromatic heterocycles. The van der Waals surface area contributed by atoms with Crippen LogP contribution in [0, 0.1) is 10.1 Å². The molecule has 0 saturated carbocycles. The fourth-order valence-corrected chi connectivity index (χ4v) is 5.71. The number of hydrogen-bond donors (Lipinski definition) is 0. The number of nitro groups is 1. The zero-order valence-corrected chi connectivity index (χ0v) is 21.3. The average molecular weight is 485 g/mol. The molecule has 3 aromatic rings. The van der Waals surface area contributed by atoms with E-state index in [-0.39, 0.29) is 16.0 Å². The third-order valence-electron chi connectivity index (χ3n) is 7.67. The molecule has 1 spiro atoms. The molecule has 186 valence electrons. The maximum Gasteiger partial charge on any atom is 0.270 e. The van der Waals surface area contributed by atoms with Crippen molar-refractivity contribution < 1.29 is 14.2 Å². The minimum Gasteiger partial charge on any atom is -0.462 e. The highest BCUT2D eigenvalue weighted by Gasteiger charge is 2.58. The van der Waals surface area contributed by atoms with Crippen LogP contribution in [-0.2, 0) is 12.0 Å². The van der Waals surface area contributed by atoms with Gasteiger partial charge in [0.15, 0.2) is 18.9 Å². The molecule has 3 heterocycles. The van der Waals surface area contributed by atoms with Crippen molar-refractivity contribution in [2.75, 3.05) is 11.4 Å². The second-order valence-electron chi connectivity index (χ2n) is 10.3. The summed E-state index contributed by atoms with van der Waals surface area (Å²) in [6.07, 6.45) is 12.7. The van der Waals surface area contributed by atoms with Crippen molar-refractivity contribution in [3.05, 3.63) is 99.9 Å². The highest BCUT2D eigenvalue weighted by Crippen LogP contribution is 2.55. The molecule has 0 aliphatic carbocycles. The Morgan fingerprint density at radius 2 is 1.81 bits per heavy atom. The fourth-order valence-electron chi connectivity index (χ4n) is 5.71. The van der Waals surface area contributed by atoms with Crippen LogP contribution >= 0.6 is 0 Å². The van der Waals surface area contributed by atoms with E-state index in [1.165, 1.54) is 30.5 Å². The van der Waals surface area contributed by atoms with Crippen LogP contribution in [0.1, 0.15) is 63.1 Å². The first-order valence-electron chi connectivity index (χ1n) is 12.9. The monoisotopic (exact) mass is 484 g/mol. The predicted octanol–water partition coefficient (Wildman–Crippen LogP) is 6.41. The molecule has 0 unspecified atom stereocenters. The van der Waals surface area contributed by atoms with Gasteiger partial charge < -0.3 is 9.64 Å². The molecule has 0 radical (unpaired) electrons. The topological polar surface area (TPSA) is 59.5 Å². The van der Waals surface area contributed by atoms with Gasteiger partial charge in [-0.2, -0.15) is 0 Å². The predicted molar refractivity (Wildman–Crippen MR) is 142 cm³/mol. The van der Waals surface area contributed by atoms with Gasteiger partial charge in [0, 0.05) is 42.1 Å². The molecule has 2 aromatic carbocycles. The minimum atomic E-state index is -0.720. The lowest BCUT2D eigenvalue weighted by Crippen LogP contribution is -2.60. The Balaban J connectivity index is 1.61. The Labute approximate surface area is 213 Å². The van der Waals surface area contributed by atoms with E-state index in [4.69, 9.17) is 4.74 Å². The van der Waals surface area contributed by atoms with E-state index in [9.17, 15) is 10.1 Å². The van der Waals surface area contributed by atoms with E-state index in [1.807, 2.05) is 41.2 Å². The maximum atomic E-state index is 11.7. The van der Waals surface area contributed by atoms with Crippen molar-refractivity contribution in [1.29, 1.82) is 0 Å². The molecule has 2 aliphatic heterocycles. The van der Waals surface area contributed by atoms with Crippen LogP contribution in [0.4, 0.5) is 11.4 Å². The lowest BCUT2D eigenvalue weighted by Gasteiger charge is -2.47. The number of rotatable bonds is 8. The zero-order valence-electron chi connectivity index (χ0n) is 21.3. The van der Waals surface area contributed by atoms with E-state index in [2.05, 4.69) is 56.0 Å². The van der Waals surface area contributed by atoms with Crippen LogP contribution < -0.4 is 14.2 Å². The SMILES string of the molecule is CCCCCCN1c2ccccc2C(C)(C)[C@@]12C=Cc1cc([N+](=O)[O-])cc(C[n+]3ccccc3)c1O2. The Hall–Kier alpha value is -3.67. The number of non-ortho nitro benzene ring substituents is 1. The molecular weight excluding hydrogens is 450 g/mol. The number of para-hydroxylation sites is 1. The van der Waals surface area contributed by atoms with Gasteiger partial charge in [0.2, 0.25) is 5.72 Å². The van der Waals surface area contributed by atoms with E-state index < -0.39 is 5.72 Å². The molecule has 0 fully saturated rings. The van der Waals surface area contributed by atoms with Gasteiger partial charge in [0.25, 0.3) is 5.69 Å². The summed E-state index contributed by atoms with van der Waals surface area (Å²) in [7, 11) is 0. The summed E-state index contributed by atoms with van der Waals surface area (Å²) in [6.45, 7) is 8.08. The van der Waals surface area contributed by atoms with E-state index in [0.717, 1.165) is 29.8 Å². The third kappa shape index (κ3) is 3.94. The number of hydrogen-bond acceptors (Lipinski definition) is 4. The van der Waals surface area contributed by atoms with Crippen molar-refractivity contribution in [2.24, 2.45) is 0 Å². The van der Waals surface area contributed by atoms with Crippen molar-refractivity contribution in [1.82, 2.24) is 0 Å². The van der Waals surface area contributed by atoms with Crippen molar-refractivity contribution in [3.63, 3.8) is 0 Å². The Kier molecular flexibility index (Phi) is 6.29. The van der Waals surface area contributed by atoms with Crippen molar-refractivity contribution in [3.8, 4) is 5.75 Å². The second kappa shape index (κ2) is 9.41. The number of fused-ring (bicyclic) bond motifs is 2. The van der Waals surface area contributed by atoms with E-state index >= 15 is 0 Å².